The molecule has 1 aromatic heterocycles. The lowest BCUT2D eigenvalue weighted by Gasteiger charge is -2.18. The zero-order valence-corrected chi connectivity index (χ0v) is 19.0. The van der Waals surface area contributed by atoms with Crippen LogP contribution in [0.15, 0.2) is 35.3 Å². The van der Waals surface area contributed by atoms with Crippen molar-refractivity contribution in [3.63, 3.8) is 0 Å². The highest BCUT2D eigenvalue weighted by atomic mass is 16.2. The van der Waals surface area contributed by atoms with Gasteiger partial charge in [-0.3, -0.25) is 9.48 Å². The van der Waals surface area contributed by atoms with Crippen LogP contribution in [0.3, 0.4) is 0 Å². The maximum absolute atomic E-state index is 12.4. The summed E-state index contributed by atoms with van der Waals surface area (Å²) in [6, 6.07) is 9.83. The number of hydrogen-bond donors (Lipinski definition) is 2. The highest BCUT2D eigenvalue weighted by Crippen LogP contribution is 2.09. The van der Waals surface area contributed by atoms with Gasteiger partial charge in [0.2, 0.25) is 0 Å². The van der Waals surface area contributed by atoms with Crippen LogP contribution in [0, 0.1) is 13.8 Å². The normalized spacial score (nSPS) is 11.4. The minimum Gasteiger partial charge on any atom is -0.357 e. The number of carbonyl (C=O) groups is 1. The number of nitrogens with zero attached hydrogens (tertiary/aromatic N) is 4. The van der Waals surface area contributed by atoms with Gasteiger partial charge in [0.1, 0.15) is 0 Å². The zero-order chi connectivity index (χ0) is 21.9. The monoisotopic (exact) mass is 412 g/mol. The summed E-state index contributed by atoms with van der Waals surface area (Å²) in [6.07, 6.45) is 0.967. The van der Waals surface area contributed by atoms with E-state index in [0.29, 0.717) is 6.54 Å². The van der Waals surface area contributed by atoms with Gasteiger partial charge in [-0.2, -0.15) is 5.10 Å². The maximum atomic E-state index is 12.4. The molecule has 1 aromatic carbocycles. The molecular weight excluding hydrogens is 376 g/mol. The van der Waals surface area contributed by atoms with Crippen molar-refractivity contribution in [2.45, 2.75) is 54.1 Å². The number of aromatic nitrogens is 2. The molecule has 7 nitrogen and oxygen atoms in total. The topological polar surface area (TPSA) is 74.6 Å². The molecule has 164 valence electrons. The average molecular weight is 413 g/mol. The number of aliphatic imine (C=N–C) groups is 1. The Morgan fingerprint density at radius 3 is 2.37 bits per heavy atom. The van der Waals surface area contributed by atoms with Crippen molar-refractivity contribution < 1.29 is 4.79 Å². The maximum Gasteiger partial charge on any atom is 0.253 e. The van der Waals surface area contributed by atoms with Crippen molar-refractivity contribution in [3.05, 3.63) is 52.8 Å². The van der Waals surface area contributed by atoms with E-state index in [1.54, 1.807) is 0 Å². The zero-order valence-electron chi connectivity index (χ0n) is 19.0. The highest BCUT2D eigenvalue weighted by Gasteiger charge is 2.11. The van der Waals surface area contributed by atoms with Crippen LogP contribution in [0.1, 0.15) is 54.5 Å². The molecule has 0 bridgehead atoms. The summed E-state index contributed by atoms with van der Waals surface area (Å²) in [7, 11) is 0. The van der Waals surface area contributed by atoms with Crippen LogP contribution < -0.4 is 10.6 Å². The molecule has 2 rings (SSSR count). The Morgan fingerprint density at radius 1 is 1.10 bits per heavy atom. The van der Waals surface area contributed by atoms with E-state index in [1.165, 1.54) is 5.69 Å². The fraction of sp³-hybridized carbons (Fsp3) is 0.522. The molecule has 0 aliphatic rings. The van der Waals surface area contributed by atoms with Crippen LogP contribution in [0.25, 0.3) is 0 Å². The Hall–Kier alpha value is -2.83. The lowest BCUT2D eigenvalue weighted by molar-refractivity contribution is 0.0773. The second-order valence-corrected chi connectivity index (χ2v) is 7.30. The quantitative estimate of drug-likeness (QED) is 0.357. The third-order valence-corrected chi connectivity index (χ3v) is 4.96. The van der Waals surface area contributed by atoms with Crippen LogP contribution in [0.4, 0.5) is 0 Å². The molecule has 0 saturated carbocycles. The van der Waals surface area contributed by atoms with E-state index in [2.05, 4.69) is 40.6 Å². The summed E-state index contributed by atoms with van der Waals surface area (Å²) < 4.78 is 2.04. The SMILES string of the molecule is CCNC(=NCc1ccc(C(=O)N(CC)CC)cc1)NCCCn1nc(C)cc1C. The molecule has 0 aliphatic heterocycles. The second kappa shape index (κ2) is 12.0. The molecule has 0 unspecified atom stereocenters. The van der Waals surface area contributed by atoms with E-state index < -0.39 is 0 Å². The fourth-order valence-corrected chi connectivity index (χ4v) is 3.30. The lowest BCUT2D eigenvalue weighted by Crippen LogP contribution is -2.38. The first-order valence-electron chi connectivity index (χ1n) is 10.9. The number of rotatable bonds is 10. The van der Waals surface area contributed by atoms with E-state index in [0.717, 1.165) is 61.9 Å². The predicted molar refractivity (Wildman–Crippen MR) is 123 cm³/mol. The fourth-order valence-electron chi connectivity index (χ4n) is 3.30. The molecule has 2 aromatic rings. The van der Waals surface area contributed by atoms with Crippen molar-refractivity contribution in [1.82, 2.24) is 25.3 Å². The number of carbonyl (C=O) groups excluding carboxylic acids is 1. The van der Waals surface area contributed by atoms with Crippen LogP contribution in [0.2, 0.25) is 0 Å². The molecule has 0 spiro atoms. The second-order valence-electron chi connectivity index (χ2n) is 7.30. The molecule has 0 saturated heterocycles. The van der Waals surface area contributed by atoms with Gasteiger partial charge in [0.25, 0.3) is 5.91 Å². The number of aryl methyl sites for hydroxylation is 3. The van der Waals surface area contributed by atoms with Gasteiger partial charge in [0.05, 0.1) is 12.2 Å². The smallest absolute Gasteiger partial charge is 0.253 e. The first kappa shape index (κ1) is 23.4. The molecule has 0 radical (unpaired) electrons. The highest BCUT2D eigenvalue weighted by molar-refractivity contribution is 5.94. The Balaban J connectivity index is 1.87. The number of benzene rings is 1. The Bertz CT molecular complexity index is 821. The molecule has 7 heteroatoms. The summed E-state index contributed by atoms with van der Waals surface area (Å²) in [5.74, 6) is 0.877. The average Bonchev–Trinajstić information content (AvgIpc) is 3.07. The van der Waals surface area contributed by atoms with Crippen molar-refractivity contribution >= 4 is 11.9 Å². The van der Waals surface area contributed by atoms with E-state index in [4.69, 9.17) is 0 Å². The van der Waals surface area contributed by atoms with Crippen LogP contribution >= 0.6 is 0 Å². The minimum absolute atomic E-state index is 0.0765. The molecule has 1 heterocycles. The summed E-state index contributed by atoms with van der Waals surface area (Å²) in [6.45, 7) is 14.7. The summed E-state index contributed by atoms with van der Waals surface area (Å²) in [5.41, 5.74) is 4.04. The lowest BCUT2D eigenvalue weighted by atomic mass is 10.1. The van der Waals surface area contributed by atoms with Crippen molar-refractivity contribution in [2.75, 3.05) is 26.2 Å². The Kier molecular flexibility index (Phi) is 9.38. The van der Waals surface area contributed by atoms with Crippen LogP contribution in [-0.2, 0) is 13.1 Å². The molecule has 1 amide bonds. The van der Waals surface area contributed by atoms with Gasteiger partial charge in [0, 0.05) is 44.0 Å². The minimum atomic E-state index is 0.0765. The van der Waals surface area contributed by atoms with Gasteiger partial charge in [0.15, 0.2) is 5.96 Å². The van der Waals surface area contributed by atoms with Crippen molar-refractivity contribution in [2.24, 2.45) is 4.99 Å². The van der Waals surface area contributed by atoms with Gasteiger partial charge in [-0.15, -0.1) is 0 Å². The Morgan fingerprint density at radius 2 is 1.80 bits per heavy atom. The Labute approximate surface area is 180 Å². The number of nitrogens with one attached hydrogen (secondary N) is 2. The predicted octanol–water partition coefficient (Wildman–Crippen LogP) is 3.13. The standard InChI is InChI=1S/C23H36N6O/c1-6-24-23(25-14-9-15-29-19(5)16-18(4)27-29)26-17-20-10-12-21(13-11-20)22(30)28(7-2)8-3/h10-13,16H,6-9,14-15,17H2,1-5H3,(H2,24,25,26). The molecule has 0 fully saturated rings. The number of guanidine groups is 1. The van der Waals surface area contributed by atoms with Gasteiger partial charge in [-0.1, -0.05) is 12.1 Å². The van der Waals surface area contributed by atoms with Crippen molar-refractivity contribution in [1.29, 1.82) is 0 Å². The summed E-state index contributed by atoms with van der Waals surface area (Å²) >= 11 is 0. The first-order chi connectivity index (χ1) is 14.5. The van der Waals surface area contributed by atoms with Crippen LogP contribution in [-0.4, -0.2) is 52.7 Å². The van der Waals surface area contributed by atoms with Gasteiger partial charge in [-0.25, -0.2) is 4.99 Å². The molecule has 30 heavy (non-hydrogen) atoms. The van der Waals surface area contributed by atoms with Crippen molar-refractivity contribution in [3.8, 4) is 0 Å². The summed E-state index contributed by atoms with van der Waals surface area (Å²) in [4.78, 5) is 18.9. The van der Waals surface area contributed by atoms with Crippen LogP contribution in [0.5, 0.6) is 0 Å². The van der Waals surface area contributed by atoms with E-state index in [1.807, 2.05) is 54.6 Å². The van der Waals surface area contributed by atoms with Gasteiger partial charge < -0.3 is 15.5 Å². The molecular formula is C23H36N6O. The van der Waals surface area contributed by atoms with E-state index in [-0.39, 0.29) is 5.91 Å². The largest absolute Gasteiger partial charge is 0.357 e. The first-order valence-corrected chi connectivity index (χ1v) is 10.9. The van der Waals surface area contributed by atoms with Gasteiger partial charge >= 0.3 is 0 Å². The molecule has 2 N–H and O–H groups in total. The molecule has 0 aliphatic carbocycles. The third-order valence-electron chi connectivity index (χ3n) is 4.96. The number of hydrogen-bond acceptors (Lipinski definition) is 3. The third kappa shape index (κ3) is 6.90. The number of amides is 1. The van der Waals surface area contributed by atoms with E-state index >= 15 is 0 Å². The molecule has 0 atom stereocenters. The van der Waals surface area contributed by atoms with E-state index in [9.17, 15) is 4.79 Å². The summed E-state index contributed by atoms with van der Waals surface area (Å²) in [5, 5.41) is 11.2. The van der Waals surface area contributed by atoms with Gasteiger partial charge in [-0.05, 0) is 64.8 Å².